The smallest absolute Gasteiger partial charge is 0.330 e. The van der Waals surface area contributed by atoms with Gasteiger partial charge in [0.05, 0.1) is 12.8 Å². The molecule has 0 atom stereocenters. The van der Waals surface area contributed by atoms with Crippen LogP contribution in [0.25, 0.3) is 6.08 Å². The summed E-state index contributed by atoms with van der Waals surface area (Å²) in [7, 11) is 1.46. The summed E-state index contributed by atoms with van der Waals surface area (Å²) in [6, 6.07) is 5.74. The number of aromatic amines is 1. The van der Waals surface area contributed by atoms with Crippen LogP contribution in [0.15, 0.2) is 44.5 Å². The summed E-state index contributed by atoms with van der Waals surface area (Å²) in [5.74, 6) is 0.387. The maximum Gasteiger partial charge on any atom is 0.330 e. The molecule has 9 nitrogen and oxygen atoms in total. The van der Waals surface area contributed by atoms with Crippen molar-refractivity contribution in [3.63, 3.8) is 0 Å². The molecule has 0 saturated carbocycles. The predicted octanol–water partition coefficient (Wildman–Crippen LogP) is 2.65. The Labute approximate surface area is 185 Å². The first-order chi connectivity index (χ1) is 15.2. The molecule has 0 fully saturated rings. The lowest BCUT2D eigenvalue weighted by Gasteiger charge is -2.19. The predicted molar refractivity (Wildman–Crippen MR) is 125 cm³/mol. The van der Waals surface area contributed by atoms with Gasteiger partial charge in [0.1, 0.15) is 11.6 Å². The summed E-state index contributed by atoms with van der Waals surface area (Å²) in [5, 5.41) is 0. The van der Waals surface area contributed by atoms with Gasteiger partial charge in [0.25, 0.3) is 11.5 Å². The molecule has 9 heteroatoms. The fourth-order valence-electron chi connectivity index (χ4n) is 3.62. The van der Waals surface area contributed by atoms with E-state index in [0.29, 0.717) is 13.1 Å². The van der Waals surface area contributed by atoms with Gasteiger partial charge in [-0.1, -0.05) is 13.3 Å². The van der Waals surface area contributed by atoms with Gasteiger partial charge in [-0.05, 0) is 50.1 Å². The normalized spacial score (nSPS) is 11.4. The fourth-order valence-corrected chi connectivity index (χ4v) is 3.62. The maximum absolute atomic E-state index is 12.8. The first kappa shape index (κ1) is 22.9. The number of carbonyl (C=O) groups excluding carboxylic acids is 1. The minimum atomic E-state index is -0.693. The van der Waals surface area contributed by atoms with E-state index in [1.165, 1.54) is 17.7 Å². The zero-order chi connectivity index (χ0) is 23.4. The summed E-state index contributed by atoms with van der Waals surface area (Å²) in [6.45, 7) is 6.90. The van der Waals surface area contributed by atoms with E-state index in [2.05, 4.69) is 9.55 Å². The van der Waals surface area contributed by atoms with Crippen molar-refractivity contribution in [3.05, 3.63) is 74.1 Å². The highest BCUT2D eigenvalue weighted by Gasteiger charge is 2.19. The van der Waals surface area contributed by atoms with E-state index < -0.39 is 17.2 Å². The number of hydrogen-bond acceptors (Lipinski definition) is 5. The molecular formula is C23H29N5O4. The number of nitrogens with two attached hydrogens (primary N) is 1. The van der Waals surface area contributed by atoms with Gasteiger partial charge in [0, 0.05) is 31.1 Å². The zero-order valence-electron chi connectivity index (χ0n) is 18.8. The minimum absolute atomic E-state index is 0.0203. The van der Waals surface area contributed by atoms with Crippen molar-refractivity contribution in [3.8, 4) is 0 Å². The number of nitrogens with one attached hydrogen (secondary N) is 1. The monoisotopic (exact) mass is 439 g/mol. The number of nitrogens with zero attached hydrogens (tertiary/aromatic N) is 3. The van der Waals surface area contributed by atoms with Gasteiger partial charge in [0.15, 0.2) is 5.69 Å². The second-order valence-corrected chi connectivity index (χ2v) is 7.72. The topological polar surface area (TPSA) is 119 Å². The quantitative estimate of drug-likeness (QED) is 0.523. The Morgan fingerprint density at radius 3 is 2.69 bits per heavy atom. The molecule has 0 saturated heterocycles. The molecule has 3 aromatic heterocycles. The van der Waals surface area contributed by atoms with E-state index >= 15 is 0 Å². The molecule has 1 amide bonds. The van der Waals surface area contributed by atoms with Crippen molar-refractivity contribution >= 4 is 23.5 Å². The van der Waals surface area contributed by atoms with Crippen LogP contribution in [0.4, 0.5) is 11.5 Å². The van der Waals surface area contributed by atoms with Crippen LogP contribution in [-0.4, -0.2) is 27.1 Å². The van der Waals surface area contributed by atoms with E-state index in [1.807, 2.05) is 39.0 Å². The number of nitrogen functional groups attached to an aromatic ring is 1. The summed E-state index contributed by atoms with van der Waals surface area (Å²) in [4.78, 5) is 40.7. The van der Waals surface area contributed by atoms with Gasteiger partial charge in [-0.15, -0.1) is 0 Å². The number of aromatic nitrogens is 3. The summed E-state index contributed by atoms with van der Waals surface area (Å²) < 4.78 is 8.82. The van der Waals surface area contributed by atoms with Gasteiger partial charge in [-0.3, -0.25) is 19.1 Å². The van der Waals surface area contributed by atoms with Crippen molar-refractivity contribution < 1.29 is 9.21 Å². The molecule has 0 radical (unpaired) electrons. The third-order valence-corrected chi connectivity index (χ3v) is 5.53. The van der Waals surface area contributed by atoms with Gasteiger partial charge in [-0.25, -0.2) is 4.79 Å². The number of hydrogen-bond donors (Lipinski definition) is 2. The van der Waals surface area contributed by atoms with Crippen LogP contribution in [0.3, 0.4) is 0 Å². The van der Waals surface area contributed by atoms with E-state index in [9.17, 15) is 14.4 Å². The fraction of sp³-hybridized carbons (Fsp3) is 0.348. The Bertz CT molecular complexity index is 1240. The number of H-pyrrole nitrogens is 1. The molecule has 0 bridgehead atoms. The molecule has 0 unspecified atom stereocenters. The lowest BCUT2D eigenvalue weighted by atomic mass is 10.2. The third kappa shape index (κ3) is 4.61. The van der Waals surface area contributed by atoms with E-state index in [0.717, 1.165) is 40.5 Å². The highest BCUT2D eigenvalue weighted by atomic mass is 16.3. The highest BCUT2D eigenvalue weighted by Crippen LogP contribution is 2.20. The van der Waals surface area contributed by atoms with Gasteiger partial charge >= 0.3 is 5.69 Å². The molecule has 0 aliphatic carbocycles. The standard InChI is InChI=1S/C23H29N5O4/c1-5-6-11-27-21(24)20(22(30)25-23(27)31)26(4)19(29)10-9-17-13-15(2)28(16(17)3)14-18-8-7-12-32-18/h7-10,12-13H,5-6,11,14,24H2,1-4H3,(H,25,30,31). The maximum atomic E-state index is 12.8. The van der Waals surface area contributed by atoms with Crippen LogP contribution >= 0.6 is 0 Å². The van der Waals surface area contributed by atoms with Crippen molar-refractivity contribution in [1.29, 1.82) is 0 Å². The molecular weight excluding hydrogens is 410 g/mol. The molecule has 3 N–H and O–H groups in total. The van der Waals surface area contributed by atoms with Crippen LogP contribution in [0.5, 0.6) is 0 Å². The Balaban J connectivity index is 1.85. The molecule has 32 heavy (non-hydrogen) atoms. The van der Waals surface area contributed by atoms with Gasteiger partial charge in [-0.2, -0.15) is 0 Å². The second kappa shape index (κ2) is 9.59. The van der Waals surface area contributed by atoms with Crippen molar-refractivity contribution in [2.24, 2.45) is 0 Å². The first-order valence-electron chi connectivity index (χ1n) is 10.5. The van der Waals surface area contributed by atoms with Crippen molar-refractivity contribution in [1.82, 2.24) is 14.1 Å². The van der Waals surface area contributed by atoms with E-state index in [-0.39, 0.29) is 11.5 Å². The number of carbonyl (C=O) groups is 1. The van der Waals surface area contributed by atoms with Gasteiger partial charge in [0.2, 0.25) is 0 Å². The average molecular weight is 440 g/mol. The number of amides is 1. The zero-order valence-corrected chi connectivity index (χ0v) is 18.8. The molecule has 0 spiro atoms. The molecule has 3 aromatic rings. The lowest BCUT2D eigenvalue weighted by Crippen LogP contribution is -2.38. The van der Waals surface area contributed by atoms with E-state index in [4.69, 9.17) is 10.2 Å². The first-order valence-corrected chi connectivity index (χ1v) is 10.5. The summed E-state index contributed by atoms with van der Waals surface area (Å²) in [5.41, 5.74) is 7.67. The molecule has 0 aromatic carbocycles. The highest BCUT2D eigenvalue weighted by molar-refractivity contribution is 6.04. The largest absolute Gasteiger partial charge is 0.467 e. The SMILES string of the molecule is CCCCn1c(N)c(N(C)C(=O)C=Cc2cc(C)n(Cc3ccco3)c2C)c(=O)[nH]c1=O. The molecule has 0 aliphatic rings. The van der Waals surface area contributed by atoms with Gasteiger partial charge < -0.3 is 19.6 Å². The molecule has 170 valence electrons. The number of rotatable bonds is 8. The third-order valence-electron chi connectivity index (χ3n) is 5.53. The molecule has 3 rings (SSSR count). The van der Waals surface area contributed by atoms with Crippen LogP contribution in [0, 0.1) is 13.8 Å². The Hall–Kier alpha value is -3.75. The average Bonchev–Trinajstić information content (AvgIpc) is 3.35. The van der Waals surface area contributed by atoms with Crippen LogP contribution in [0.2, 0.25) is 0 Å². The van der Waals surface area contributed by atoms with Crippen molar-refractivity contribution in [2.75, 3.05) is 17.7 Å². The Morgan fingerprint density at radius 1 is 1.28 bits per heavy atom. The Kier molecular flexibility index (Phi) is 6.87. The number of unbranched alkanes of at least 4 members (excludes halogenated alkanes) is 1. The number of likely N-dealkylation sites (N-methyl/N-ethyl adjacent to an activating group) is 1. The Morgan fingerprint density at radius 2 is 2.03 bits per heavy atom. The van der Waals surface area contributed by atoms with Crippen LogP contribution in [-0.2, 0) is 17.9 Å². The number of furan rings is 1. The molecule has 3 heterocycles. The van der Waals surface area contributed by atoms with Crippen LogP contribution < -0.4 is 21.9 Å². The van der Waals surface area contributed by atoms with Crippen molar-refractivity contribution in [2.45, 2.75) is 46.7 Å². The summed E-state index contributed by atoms with van der Waals surface area (Å²) >= 11 is 0. The molecule has 0 aliphatic heterocycles. The lowest BCUT2D eigenvalue weighted by molar-refractivity contribution is -0.113. The second-order valence-electron chi connectivity index (χ2n) is 7.72. The van der Waals surface area contributed by atoms with E-state index in [1.54, 1.807) is 12.3 Å². The minimum Gasteiger partial charge on any atom is -0.467 e. The number of anilines is 2. The van der Waals surface area contributed by atoms with Crippen LogP contribution in [0.1, 0.15) is 42.5 Å². The summed E-state index contributed by atoms with van der Waals surface area (Å²) in [6.07, 6.45) is 6.31. The number of aryl methyl sites for hydroxylation is 1.